The van der Waals surface area contributed by atoms with E-state index >= 15 is 0 Å². The molecule has 6 heteroatoms. The highest BCUT2D eigenvalue weighted by molar-refractivity contribution is 5.66. The van der Waals surface area contributed by atoms with Crippen LogP contribution >= 0.6 is 0 Å². The Hall–Kier alpha value is -1.14. The van der Waals surface area contributed by atoms with Gasteiger partial charge in [0.15, 0.2) is 0 Å². The molecular formula is C14H32N2O4+2. The summed E-state index contributed by atoms with van der Waals surface area (Å²) in [4.78, 5) is 20.4. The van der Waals surface area contributed by atoms with E-state index in [1.807, 2.05) is 0 Å². The second-order valence-corrected chi connectivity index (χ2v) is 6.87. The van der Waals surface area contributed by atoms with E-state index in [0.717, 1.165) is 28.5 Å². The lowest BCUT2D eigenvalue weighted by Crippen LogP contribution is -2.37. The van der Waals surface area contributed by atoms with Gasteiger partial charge in [-0.2, -0.15) is 0 Å². The number of hydrogen-bond donors (Lipinski definition) is 1. The average molecular weight is 292 g/mol. The zero-order valence-electron chi connectivity index (χ0n) is 14.1. The molecule has 0 aliphatic rings. The summed E-state index contributed by atoms with van der Waals surface area (Å²) in [5.41, 5.74) is 0. The number of carbonyl (C=O) groups excluding carboxylic acids is 1. The first-order valence-electron chi connectivity index (χ1n) is 6.79. The molecule has 6 nitrogen and oxygen atoms in total. The molecule has 0 unspecified atom stereocenters. The first-order valence-corrected chi connectivity index (χ1v) is 6.79. The van der Waals surface area contributed by atoms with Crippen molar-refractivity contribution in [3.8, 4) is 0 Å². The van der Waals surface area contributed by atoms with Crippen molar-refractivity contribution in [2.24, 2.45) is 0 Å². The van der Waals surface area contributed by atoms with E-state index in [0.29, 0.717) is 6.61 Å². The molecular weight excluding hydrogens is 260 g/mol. The second kappa shape index (κ2) is 9.72. The molecule has 0 aliphatic carbocycles. The first kappa shape index (κ1) is 21.2. The Morgan fingerprint density at radius 2 is 1.40 bits per heavy atom. The predicted molar refractivity (Wildman–Crippen MR) is 79.3 cm³/mol. The third-order valence-electron chi connectivity index (χ3n) is 2.29. The number of carboxylic acids is 1. The minimum absolute atomic E-state index is 0.201. The molecule has 0 atom stereocenters. The molecule has 120 valence electrons. The SMILES string of the molecule is CC(=O)OCC[N+](C)(C)C.C[N+](C)(C)CCCC(=O)O. The standard InChI is InChI=1S/C7H16NO2.C7H15NO2/c1-7(9)10-6-5-8(2,3)4;1-8(2,3)6-4-5-7(9)10/h5-6H2,1-4H3;4-6H2,1-3H3/q+1;/p+1. The highest BCUT2D eigenvalue weighted by Gasteiger charge is 2.07. The predicted octanol–water partition coefficient (Wildman–Crippen LogP) is 0.813. The van der Waals surface area contributed by atoms with E-state index in [2.05, 4.69) is 42.3 Å². The van der Waals surface area contributed by atoms with Gasteiger partial charge in [0.2, 0.25) is 0 Å². The number of carboxylic acid groups (broad SMARTS) is 1. The van der Waals surface area contributed by atoms with E-state index in [4.69, 9.17) is 9.84 Å². The van der Waals surface area contributed by atoms with Crippen molar-refractivity contribution >= 4 is 11.9 Å². The maximum absolute atomic E-state index is 10.3. The largest absolute Gasteiger partial charge is 0.481 e. The summed E-state index contributed by atoms with van der Waals surface area (Å²) < 4.78 is 6.43. The van der Waals surface area contributed by atoms with Crippen molar-refractivity contribution in [1.82, 2.24) is 0 Å². The lowest BCUT2D eigenvalue weighted by Gasteiger charge is -2.23. The van der Waals surface area contributed by atoms with Crippen LogP contribution in [-0.2, 0) is 14.3 Å². The molecule has 0 heterocycles. The summed E-state index contributed by atoms with van der Waals surface area (Å²) >= 11 is 0. The van der Waals surface area contributed by atoms with Crippen molar-refractivity contribution in [3.63, 3.8) is 0 Å². The molecule has 0 aromatic rings. The van der Waals surface area contributed by atoms with Crippen molar-refractivity contribution < 1.29 is 28.4 Å². The molecule has 0 aromatic heterocycles. The highest BCUT2D eigenvalue weighted by atomic mass is 16.5. The van der Waals surface area contributed by atoms with E-state index in [9.17, 15) is 9.59 Å². The normalized spacial score (nSPS) is 11.3. The Labute approximate surface area is 123 Å². The number of rotatable bonds is 7. The highest BCUT2D eigenvalue weighted by Crippen LogP contribution is 1.96. The van der Waals surface area contributed by atoms with E-state index in [-0.39, 0.29) is 12.4 Å². The summed E-state index contributed by atoms with van der Waals surface area (Å²) in [6.07, 6.45) is 1.05. The minimum Gasteiger partial charge on any atom is -0.481 e. The second-order valence-electron chi connectivity index (χ2n) is 6.87. The topological polar surface area (TPSA) is 63.6 Å². The summed E-state index contributed by atoms with van der Waals surface area (Å²) in [7, 11) is 12.3. The molecule has 0 saturated carbocycles. The number of carbonyl (C=O) groups is 2. The monoisotopic (exact) mass is 292 g/mol. The summed E-state index contributed by atoms with van der Waals surface area (Å²) in [6.45, 7) is 3.72. The maximum Gasteiger partial charge on any atom is 0.303 e. The molecule has 0 aliphatic heterocycles. The van der Waals surface area contributed by atoms with Gasteiger partial charge in [-0.05, 0) is 0 Å². The van der Waals surface area contributed by atoms with Gasteiger partial charge in [-0.25, -0.2) is 0 Å². The Morgan fingerprint density at radius 1 is 0.950 bits per heavy atom. The molecule has 1 N–H and O–H groups in total. The number of quaternary nitrogens is 2. The van der Waals surface area contributed by atoms with Gasteiger partial charge in [0.25, 0.3) is 0 Å². The van der Waals surface area contributed by atoms with Crippen LogP contribution in [0.25, 0.3) is 0 Å². The van der Waals surface area contributed by atoms with Gasteiger partial charge < -0.3 is 18.8 Å². The zero-order chi connectivity index (χ0) is 16.4. The molecule has 0 fully saturated rings. The lowest BCUT2D eigenvalue weighted by molar-refractivity contribution is -0.870. The summed E-state index contributed by atoms with van der Waals surface area (Å²) in [5.74, 6) is -0.901. The van der Waals surface area contributed by atoms with Crippen LogP contribution in [0.5, 0.6) is 0 Å². The summed E-state index contributed by atoms with van der Waals surface area (Å²) in [6, 6.07) is 0. The Kier molecular flexibility index (Phi) is 10.3. The van der Waals surface area contributed by atoms with Gasteiger partial charge in [-0.15, -0.1) is 0 Å². The van der Waals surface area contributed by atoms with Crippen molar-refractivity contribution in [1.29, 1.82) is 0 Å². The van der Waals surface area contributed by atoms with Crippen LogP contribution in [0.1, 0.15) is 19.8 Å². The van der Waals surface area contributed by atoms with Gasteiger partial charge in [-0.1, -0.05) is 0 Å². The van der Waals surface area contributed by atoms with E-state index in [1.165, 1.54) is 6.92 Å². The number of nitrogens with zero attached hydrogens (tertiary/aromatic N) is 2. The van der Waals surface area contributed by atoms with Gasteiger partial charge >= 0.3 is 11.9 Å². The lowest BCUT2D eigenvalue weighted by atomic mass is 10.3. The average Bonchev–Trinajstić information content (AvgIpc) is 2.12. The van der Waals surface area contributed by atoms with Crippen LogP contribution in [0.2, 0.25) is 0 Å². The molecule has 0 aromatic carbocycles. The van der Waals surface area contributed by atoms with Crippen LogP contribution in [0, 0.1) is 0 Å². The molecule has 0 saturated heterocycles. The maximum atomic E-state index is 10.3. The third-order valence-corrected chi connectivity index (χ3v) is 2.29. The van der Waals surface area contributed by atoms with Crippen LogP contribution < -0.4 is 0 Å². The van der Waals surface area contributed by atoms with Crippen molar-refractivity contribution in [2.45, 2.75) is 19.8 Å². The van der Waals surface area contributed by atoms with Gasteiger partial charge in [0.1, 0.15) is 13.2 Å². The van der Waals surface area contributed by atoms with Gasteiger partial charge in [0, 0.05) is 13.3 Å². The molecule has 0 spiro atoms. The number of esters is 1. The molecule has 0 amide bonds. The minimum atomic E-state index is -0.701. The van der Waals surface area contributed by atoms with Crippen LogP contribution in [0.3, 0.4) is 0 Å². The quantitative estimate of drug-likeness (QED) is 0.557. The van der Waals surface area contributed by atoms with Crippen molar-refractivity contribution in [2.75, 3.05) is 62.0 Å². The van der Waals surface area contributed by atoms with Gasteiger partial charge in [-0.3, -0.25) is 9.59 Å². The van der Waals surface area contributed by atoms with Crippen LogP contribution in [-0.4, -0.2) is 88.0 Å². The van der Waals surface area contributed by atoms with E-state index in [1.54, 1.807) is 0 Å². The summed E-state index contributed by atoms with van der Waals surface area (Å²) in [5, 5.41) is 8.30. The molecule has 0 bridgehead atoms. The number of likely N-dealkylation sites (N-methyl/N-ethyl adjacent to an activating group) is 1. The van der Waals surface area contributed by atoms with Gasteiger partial charge in [0.05, 0.1) is 55.3 Å². The smallest absolute Gasteiger partial charge is 0.303 e. The van der Waals surface area contributed by atoms with Crippen LogP contribution in [0.4, 0.5) is 0 Å². The van der Waals surface area contributed by atoms with Crippen LogP contribution in [0.15, 0.2) is 0 Å². The third kappa shape index (κ3) is 25.6. The first-order chi connectivity index (χ1) is 8.83. The fourth-order valence-electron chi connectivity index (χ4n) is 1.17. The zero-order valence-corrected chi connectivity index (χ0v) is 14.1. The Morgan fingerprint density at radius 3 is 1.70 bits per heavy atom. The fraction of sp³-hybridized carbons (Fsp3) is 0.857. The molecule has 20 heavy (non-hydrogen) atoms. The number of ether oxygens (including phenoxy) is 1. The van der Waals surface area contributed by atoms with Crippen molar-refractivity contribution in [3.05, 3.63) is 0 Å². The molecule has 0 rings (SSSR count). The Balaban J connectivity index is 0. The Bertz CT molecular complexity index is 261. The van der Waals surface area contributed by atoms with E-state index < -0.39 is 5.97 Å². The fourth-order valence-corrected chi connectivity index (χ4v) is 1.17. The molecule has 0 radical (unpaired) electrons. The number of hydrogen-bond acceptors (Lipinski definition) is 3. The number of aliphatic carboxylic acids is 1.